The molecule has 6 nitrogen and oxygen atoms in total. The van der Waals surface area contributed by atoms with Gasteiger partial charge in [0.25, 0.3) is 0 Å². The third-order valence-corrected chi connectivity index (χ3v) is 5.51. The van der Waals surface area contributed by atoms with Crippen molar-refractivity contribution in [2.75, 3.05) is 6.54 Å². The molecule has 2 rings (SSSR count). The molecule has 0 aliphatic rings. The number of nitrogens with two attached hydrogens (primary N) is 1. The van der Waals surface area contributed by atoms with E-state index in [4.69, 9.17) is 5.14 Å². The minimum absolute atomic E-state index is 0.156. The summed E-state index contributed by atoms with van der Waals surface area (Å²) in [6.45, 7) is 5.97. The summed E-state index contributed by atoms with van der Waals surface area (Å²) in [7, 11) is -6.80. The SMILES string of the molecule is CCNS(=O)(=O)c1ccc(C)cc1.Cc1ccc(S(N)(=O)=O)cc1. The summed E-state index contributed by atoms with van der Waals surface area (Å²) in [4.78, 5) is 0.475. The number of aryl methyl sites for hydroxylation is 2. The van der Waals surface area contributed by atoms with E-state index in [1.54, 1.807) is 43.3 Å². The lowest BCUT2D eigenvalue weighted by Crippen LogP contribution is -2.22. The number of hydrogen-bond donors (Lipinski definition) is 2. The molecule has 0 amide bonds. The van der Waals surface area contributed by atoms with Crippen molar-refractivity contribution in [1.29, 1.82) is 0 Å². The van der Waals surface area contributed by atoms with Gasteiger partial charge in [-0.3, -0.25) is 0 Å². The van der Waals surface area contributed by atoms with Crippen LogP contribution in [0.4, 0.5) is 0 Å². The highest BCUT2D eigenvalue weighted by Crippen LogP contribution is 2.09. The number of hydrogen-bond acceptors (Lipinski definition) is 4. The van der Waals surface area contributed by atoms with Gasteiger partial charge in [0.05, 0.1) is 9.79 Å². The van der Waals surface area contributed by atoms with Crippen LogP contribution in [0.2, 0.25) is 0 Å². The molecule has 0 spiro atoms. The second-order valence-electron chi connectivity index (χ2n) is 5.17. The number of sulfonamides is 2. The van der Waals surface area contributed by atoms with Crippen molar-refractivity contribution < 1.29 is 16.8 Å². The van der Waals surface area contributed by atoms with E-state index in [1.807, 2.05) is 13.8 Å². The molecule has 132 valence electrons. The second kappa shape index (κ2) is 8.39. The molecule has 0 unspecified atom stereocenters. The van der Waals surface area contributed by atoms with Gasteiger partial charge in [0.15, 0.2) is 0 Å². The molecule has 8 heteroatoms. The molecule has 2 aromatic carbocycles. The molecule has 0 saturated heterocycles. The van der Waals surface area contributed by atoms with Gasteiger partial charge in [-0.05, 0) is 38.1 Å². The Bertz CT molecular complexity index is 857. The Hall–Kier alpha value is -1.74. The highest BCUT2D eigenvalue weighted by atomic mass is 32.2. The Labute approximate surface area is 143 Å². The summed E-state index contributed by atoms with van der Waals surface area (Å²) in [5, 5.41) is 4.88. The maximum Gasteiger partial charge on any atom is 0.240 e. The minimum Gasteiger partial charge on any atom is -0.225 e. The van der Waals surface area contributed by atoms with E-state index in [-0.39, 0.29) is 4.90 Å². The third kappa shape index (κ3) is 6.40. The van der Waals surface area contributed by atoms with E-state index in [2.05, 4.69) is 4.72 Å². The maximum atomic E-state index is 11.4. The summed E-state index contributed by atoms with van der Waals surface area (Å²) >= 11 is 0. The molecule has 0 bridgehead atoms. The van der Waals surface area contributed by atoms with Gasteiger partial charge < -0.3 is 0 Å². The summed E-state index contributed by atoms with van der Waals surface area (Å²) in [6, 6.07) is 13.2. The van der Waals surface area contributed by atoms with Gasteiger partial charge in [0, 0.05) is 6.54 Å². The van der Waals surface area contributed by atoms with Crippen molar-refractivity contribution in [1.82, 2.24) is 4.72 Å². The molecule has 2 aromatic rings. The molecule has 0 atom stereocenters. The monoisotopic (exact) mass is 370 g/mol. The lowest BCUT2D eigenvalue weighted by Gasteiger charge is -2.03. The van der Waals surface area contributed by atoms with E-state index in [1.165, 1.54) is 12.1 Å². The Morgan fingerprint density at radius 1 is 0.792 bits per heavy atom. The largest absolute Gasteiger partial charge is 0.240 e. The first-order valence-electron chi connectivity index (χ1n) is 7.22. The topological polar surface area (TPSA) is 106 Å². The molecule has 0 aliphatic heterocycles. The van der Waals surface area contributed by atoms with Crippen LogP contribution in [0.25, 0.3) is 0 Å². The van der Waals surface area contributed by atoms with Gasteiger partial charge in [0.1, 0.15) is 0 Å². The van der Waals surface area contributed by atoms with Crippen LogP contribution < -0.4 is 9.86 Å². The van der Waals surface area contributed by atoms with Crippen LogP contribution in [0.15, 0.2) is 58.3 Å². The third-order valence-electron chi connectivity index (χ3n) is 3.02. The van der Waals surface area contributed by atoms with Gasteiger partial charge in [-0.1, -0.05) is 42.3 Å². The van der Waals surface area contributed by atoms with Crippen molar-refractivity contribution in [2.24, 2.45) is 5.14 Å². The quantitative estimate of drug-likeness (QED) is 0.857. The van der Waals surface area contributed by atoms with Crippen LogP contribution in [0.5, 0.6) is 0 Å². The highest BCUT2D eigenvalue weighted by molar-refractivity contribution is 7.89. The maximum absolute atomic E-state index is 11.4. The van der Waals surface area contributed by atoms with Crippen LogP contribution in [-0.4, -0.2) is 23.4 Å². The zero-order valence-corrected chi connectivity index (χ0v) is 15.5. The lowest BCUT2D eigenvalue weighted by molar-refractivity contribution is 0.583. The van der Waals surface area contributed by atoms with Crippen molar-refractivity contribution in [2.45, 2.75) is 30.6 Å². The minimum atomic E-state index is -3.52. The van der Waals surface area contributed by atoms with Crippen molar-refractivity contribution in [3.63, 3.8) is 0 Å². The van der Waals surface area contributed by atoms with E-state index in [0.29, 0.717) is 11.4 Å². The highest BCUT2D eigenvalue weighted by Gasteiger charge is 2.10. The Morgan fingerprint density at radius 2 is 1.17 bits per heavy atom. The molecule has 0 aromatic heterocycles. The Morgan fingerprint density at radius 3 is 1.50 bits per heavy atom. The zero-order valence-electron chi connectivity index (χ0n) is 13.9. The molecule has 0 saturated carbocycles. The van der Waals surface area contributed by atoms with Gasteiger partial charge in [0.2, 0.25) is 20.0 Å². The van der Waals surface area contributed by atoms with Crippen LogP contribution >= 0.6 is 0 Å². The normalized spacial score (nSPS) is 11.5. The van der Waals surface area contributed by atoms with Gasteiger partial charge in [-0.2, -0.15) is 0 Å². The summed E-state index contributed by atoms with van der Waals surface area (Å²) < 4.78 is 46.7. The summed E-state index contributed by atoms with van der Waals surface area (Å²) in [5.74, 6) is 0. The fourth-order valence-corrected chi connectivity index (χ4v) is 3.28. The second-order valence-corrected chi connectivity index (χ2v) is 8.50. The lowest BCUT2D eigenvalue weighted by atomic mass is 10.2. The zero-order chi connectivity index (χ0) is 18.4. The standard InChI is InChI=1S/C9H13NO2S.C7H9NO2S/c1-3-10-13(11,12)9-6-4-8(2)5-7-9;1-6-2-4-7(5-3-6)11(8,9)10/h4-7,10H,3H2,1-2H3;2-5H,1H3,(H2,8,9,10). The molecule has 0 aliphatic carbocycles. The summed E-state index contributed by atoms with van der Waals surface area (Å²) in [6.07, 6.45) is 0. The predicted octanol–water partition coefficient (Wildman–Crippen LogP) is 1.94. The number of nitrogens with one attached hydrogen (secondary N) is 1. The molecule has 3 N–H and O–H groups in total. The van der Waals surface area contributed by atoms with Gasteiger partial charge in [-0.15, -0.1) is 0 Å². The fraction of sp³-hybridized carbons (Fsp3) is 0.250. The number of rotatable bonds is 4. The smallest absolute Gasteiger partial charge is 0.225 e. The van der Waals surface area contributed by atoms with Crippen LogP contribution in [-0.2, 0) is 20.0 Å². The van der Waals surface area contributed by atoms with Crippen LogP contribution in [0, 0.1) is 13.8 Å². The molecule has 0 radical (unpaired) electrons. The first kappa shape index (κ1) is 20.3. The van der Waals surface area contributed by atoms with Crippen molar-refractivity contribution in [3.05, 3.63) is 59.7 Å². The molecular weight excluding hydrogens is 348 g/mol. The van der Waals surface area contributed by atoms with Crippen molar-refractivity contribution in [3.8, 4) is 0 Å². The van der Waals surface area contributed by atoms with E-state index in [0.717, 1.165) is 11.1 Å². The average Bonchev–Trinajstić information content (AvgIpc) is 2.48. The number of primary sulfonamides is 1. The van der Waals surface area contributed by atoms with Gasteiger partial charge >= 0.3 is 0 Å². The van der Waals surface area contributed by atoms with Crippen LogP contribution in [0.3, 0.4) is 0 Å². The summed E-state index contributed by atoms with van der Waals surface area (Å²) in [5.41, 5.74) is 2.06. The van der Waals surface area contributed by atoms with E-state index >= 15 is 0 Å². The van der Waals surface area contributed by atoms with Crippen LogP contribution in [0.1, 0.15) is 18.1 Å². The first-order chi connectivity index (χ1) is 11.1. The predicted molar refractivity (Wildman–Crippen MR) is 94.6 cm³/mol. The molecule has 24 heavy (non-hydrogen) atoms. The Kier molecular flexibility index (Phi) is 7.09. The fourth-order valence-electron chi connectivity index (χ4n) is 1.72. The molecule has 0 heterocycles. The molecular formula is C16H22N2O4S2. The van der Waals surface area contributed by atoms with Crippen molar-refractivity contribution >= 4 is 20.0 Å². The van der Waals surface area contributed by atoms with Gasteiger partial charge in [-0.25, -0.2) is 26.7 Å². The number of benzene rings is 2. The molecule has 0 fully saturated rings. The first-order valence-corrected chi connectivity index (χ1v) is 10.2. The van der Waals surface area contributed by atoms with E-state index in [9.17, 15) is 16.8 Å². The van der Waals surface area contributed by atoms with E-state index < -0.39 is 20.0 Å². The average molecular weight is 370 g/mol. The Balaban J connectivity index is 0.000000243.